The maximum Gasteiger partial charge on any atom is 0.263 e. The number of rotatable bonds is 10. The normalized spacial score (nSPS) is 16.2. The molecule has 0 aliphatic carbocycles. The van der Waals surface area contributed by atoms with E-state index in [9.17, 15) is 13.2 Å². The molecule has 5 rings (SSSR count). The van der Waals surface area contributed by atoms with Gasteiger partial charge in [0.1, 0.15) is 5.75 Å². The Hall–Kier alpha value is -3.20. The molecule has 0 saturated carbocycles. The summed E-state index contributed by atoms with van der Waals surface area (Å²) in [5.41, 5.74) is 1.75. The standard InChI is InChI=1S/C29H30ClIN6O4S/c1-18(31)37-14-6-8-20(37)17-32-29(38)19-7-5-9-22(15-19)42(39,40)36-28-27(33-24-10-3-4-11-25(24)34-28)35-26-16-21(41-2)12-13-23(26)30/h3-5,7,9-13,15-16,18,20H,6,8,14,17H2,1-2H3,(H,32,38)(H,33,35)(H,34,36). The van der Waals surface area contributed by atoms with Crippen LogP contribution in [0.15, 0.2) is 71.6 Å². The van der Waals surface area contributed by atoms with E-state index >= 15 is 0 Å². The lowest BCUT2D eigenvalue weighted by molar-refractivity contribution is 0.0940. The first kappa shape index (κ1) is 30.3. The van der Waals surface area contributed by atoms with E-state index in [2.05, 4.69) is 59.7 Å². The topological polar surface area (TPSA) is 126 Å². The molecule has 1 aliphatic heterocycles. The van der Waals surface area contributed by atoms with Crippen LogP contribution in [-0.4, -0.2) is 59.5 Å². The van der Waals surface area contributed by atoms with Crippen LogP contribution in [-0.2, 0) is 10.0 Å². The van der Waals surface area contributed by atoms with Crippen LogP contribution in [0, 0.1) is 0 Å². The molecule has 2 atom stereocenters. The predicted molar refractivity (Wildman–Crippen MR) is 174 cm³/mol. The highest BCUT2D eigenvalue weighted by molar-refractivity contribution is 14.1. The largest absolute Gasteiger partial charge is 0.497 e. The Bertz CT molecular complexity index is 1720. The number of nitrogens with one attached hydrogen (secondary N) is 3. The molecule has 1 amide bonds. The molecule has 220 valence electrons. The van der Waals surface area contributed by atoms with Gasteiger partial charge in [0.15, 0.2) is 11.6 Å². The zero-order chi connectivity index (χ0) is 29.9. The molecule has 42 heavy (non-hydrogen) atoms. The summed E-state index contributed by atoms with van der Waals surface area (Å²) in [6.07, 6.45) is 2.10. The lowest BCUT2D eigenvalue weighted by Crippen LogP contribution is -2.42. The Kier molecular flexibility index (Phi) is 9.35. The van der Waals surface area contributed by atoms with E-state index in [1.807, 2.05) is 6.07 Å². The first-order chi connectivity index (χ1) is 20.1. The van der Waals surface area contributed by atoms with Gasteiger partial charge in [-0.2, -0.15) is 0 Å². The number of amides is 1. The second kappa shape index (κ2) is 13.0. The average molecular weight is 721 g/mol. The lowest BCUT2D eigenvalue weighted by Gasteiger charge is -2.27. The van der Waals surface area contributed by atoms with Gasteiger partial charge in [-0.15, -0.1) is 0 Å². The van der Waals surface area contributed by atoms with Crippen LogP contribution >= 0.6 is 34.2 Å². The third-order valence-electron chi connectivity index (χ3n) is 7.01. The molecule has 4 aromatic rings. The molecular formula is C29H30ClIN6O4S. The van der Waals surface area contributed by atoms with Crippen LogP contribution in [0.1, 0.15) is 30.1 Å². The van der Waals surface area contributed by atoms with Crippen molar-refractivity contribution in [2.75, 3.05) is 30.2 Å². The third kappa shape index (κ3) is 6.88. The number of nitrogens with zero attached hydrogens (tertiary/aromatic N) is 3. The molecule has 1 aromatic heterocycles. The van der Waals surface area contributed by atoms with Gasteiger partial charge in [-0.25, -0.2) is 18.4 Å². The summed E-state index contributed by atoms with van der Waals surface area (Å²) in [4.78, 5) is 24.4. The number of ether oxygens (including phenoxy) is 1. The second-order valence-electron chi connectivity index (χ2n) is 9.83. The summed E-state index contributed by atoms with van der Waals surface area (Å²) in [7, 11) is -2.63. The van der Waals surface area contributed by atoms with E-state index < -0.39 is 10.0 Å². The van der Waals surface area contributed by atoms with E-state index in [1.165, 1.54) is 19.2 Å². The molecule has 13 heteroatoms. The Morgan fingerprint density at radius 2 is 1.83 bits per heavy atom. The number of hydrogen-bond acceptors (Lipinski definition) is 8. The van der Waals surface area contributed by atoms with Gasteiger partial charge < -0.3 is 15.4 Å². The number of carbonyl (C=O) groups excluding carboxylic acids is 1. The van der Waals surface area contributed by atoms with E-state index in [1.54, 1.807) is 48.5 Å². The fourth-order valence-electron chi connectivity index (χ4n) is 4.86. The summed E-state index contributed by atoms with van der Waals surface area (Å²) in [6, 6.07) is 18.3. The molecule has 2 unspecified atom stereocenters. The number of methoxy groups -OCH3 is 1. The highest BCUT2D eigenvalue weighted by atomic mass is 127. The minimum Gasteiger partial charge on any atom is -0.497 e. The van der Waals surface area contributed by atoms with Crippen molar-refractivity contribution in [3.63, 3.8) is 0 Å². The minimum absolute atomic E-state index is 0.0308. The first-order valence-electron chi connectivity index (χ1n) is 13.3. The maximum atomic E-state index is 13.6. The summed E-state index contributed by atoms with van der Waals surface area (Å²) in [6.45, 7) is 3.63. The monoisotopic (exact) mass is 720 g/mol. The van der Waals surface area contributed by atoms with E-state index in [-0.39, 0.29) is 34.0 Å². The third-order valence-corrected chi connectivity index (χ3v) is 9.39. The number of halogens is 2. The van der Waals surface area contributed by atoms with Crippen LogP contribution in [0.3, 0.4) is 0 Å². The van der Waals surface area contributed by atoms with Gasteiger partial charge in [-0.1, -0.05) is 52.4 Å². The highest BCUT2D eigenvalue weighted by Crippen LogP contribution is 2.33. The van der Waals surface area contributed by atoms with Crippen molar-refractivity contribution in [3.8, 4) is 5.75 Å². The second-order valence-corrected chi connectivity index (χ2v) is 13.7. The molecule has 0 radical (unpaired) electrons. The number of carbonyl (C=O) groups is 1. The van der Waals surface area contributed by atoms with Gasteiger partial charge in [0.05, 0.1) is 37.8 Å². The molecule has 3 aromatic carbocycles. The van der Waals surface area contributed by atoms with Crippen molar-refractivity contribution in [2.45, 2.75) is 34.8 Å². The fraction of sp³-hybridized carbons (Fsp3) is 0.276. The highest BCUT2D eigenvalue weighted by Gasteiger charge is 2.28. The molecule has 3 N–H and O–H groups in total. The van der Waals surface area contributed by atoms with Crippen LogP contribution in [0.25, 0.3) is 11.0 Å². The number of anilines is 3. The molecule has 1 aliphatic rings. The van der Waals surface area contributed by atoms with Gasteiger partial charge in [-0.3, -0.25) is 14.4 Å². The van der Waals surface area contributed by atoms with Crippen LogP contribution in [0.2, 0.25) is 5.02 Å². The summed E-state index contributed by atoms with van der Waals surface area (Å²) in [5.74, 6) is 0.335. The van der Waals surface area contributed by atoms with Crippen molar-refractivity contribution in [1.29, 1.82) is 0 Å². The minimum atomic E-state index is -4.17. The van der Waals surface area contributed by atoms with Gasteiger partial charge >= 0.3 is 0 Å². The predicted octanol–water partition coefficient (Wildman–Crippen LogP) is 5.81. The van der Waals surface area contributed by atoms with Crippen LogP contribution < -0.4 is 20.1 Å². The average Bonchev–Trinajstić information content (AvgIpc) is 3.46. The molecule has 10 nitrogen and oxygen atoms in total. The van der Waals surface area contributed by atoms with Gasteiger partial charge in [0, 0.05) is 24.2 Å². The number of likely N-dealkylation sites (tertiary alicyclic amines) is 1. The van der Waals surface area contributed by atoms with E-state index in [0.29, 0.717) is 38.1 Å². The van der Waals surface area contributed by atoms with E-state index in [0.717, 1.165) is 19.4 Å². The van der Waals surface area contributed by atoms with Gasteiger partial charge in [0.2, 0.25) is 0 Å². The van der Waals surface area contributed by atoms with Crippen molar-refractivity contribution < 1.29 is 17.9 Å². The van der Waals surface area contributed by atoms with E-state index in [4.69, 9.17) is 16.3 Å². The molecule has 0 bridgehead atoms. The molecule has 2 heterocycles. The number of benzene rings is 3. The Morgan fingerprint density at radius 3 is 2.55 bits per heavy atom. The number of aromatic nitrogens is 2. The van der Waals surface area contributed by atoms with Crippen molar-refractivity contribution in [1.82, 2.24) is 20.2 Å². The summed E-state index contributed by atoms with van der Waals surface area (Å²) >= 11 is 8.78. The molecule has 0 spiro atoms. The van der Waals surface area contributed by atoms with Crippen LogP contribution in [0.5, 0.6) is 5.75 Å². The van der Waals surface area contributed by atoms with Crippen molar-refractivity contribution >= 4 is 78.5 Å². The number of fused-ring (bicyclic) bond motifs is 1. The van der Waals surface area contributed by atoms with Crippen LogP contribution in [0.4, 0.5) is 17.3 Å². The van der Waals surface area contributed by atoms with Gasteiger partial charge in [-0.05, 0) is 68.8 Å². The molecule has 1 fully saturated rings. The zero-order valence-electron chi connectivity index (χ0n) is 23.0. The summed E-state index contributed by atoms with van der Waals surface area (Å²) in [5, 5.41) is 6.44. The number of hydrogen-bond donors (Lipinski definition) is 3. The maximum absolute atomic E-state index is 13.6. The number of sulfonamides is 1. The SMILES string of the molecule is COc1ccc(Cl)c(Nc2nc3ccccc3nc2NS(=O)(=O)c2cccc(C(=O)NCC3CCCN3C(C)I)c2)c1. The lowest BCUT2D eigenvalue weighted by atomic mass is 10.2. The number of alkyl halides is 1. The number of para-hydroxylation sites is 2. The van der Waals surface area contributed by atoms with Crippen molar-refractivity contribution in [2.24, 2.45) is 0 Å². The summed E-state index contributed by atoms with van der Waals surface area (Å²) < 4.78 is 35.4. The Labute approximate surface area is 263 Å². The first-order valence-corrected chi connectivity index (χ1v) is 16.4. The fourth-order valence-corrected chi connectivity index (χ4v) is 6.81. The Balaban J connectivity index is 1.40. The molecular weight excluding hydrogens is 691 g/mol. The van der Waals surface area contributed by atoms with Crippen molar-refractivity contribution in [3.05, 3.63) is 77.3 Å². The quantitative estimate of drug-likeness (QED) is 0.107. The van der Waals surface area contributed by atoms with Gasteiger partial charge in [0.25, 0.3) is 15.9 Å². The zero-order valence-corrected chi connectivity index (χ0v) is 26.7. The Morgan fingerprint density at radius 1 is 1.10 bits per heavy atom. The molecule has 1 saturated heterocycles. The smallest absolute Gasteiger partial charge is 0.263 e.